The van der Waals surface area contributed by atoms with Crippen LogP contribution >= 0.6 is 0 Å². The molecular weight excluding hydrogens is 296 g/mol. The number of nitrogens with zero attached hydrogens (tertiary/aromatic N) is 6. The van der Waals surface area contributed by atoms with Crippen molar-refractivity contribution in [3.63, 3.8) is 0 Å². The number of pyridine rings is 1. The summed E-state index contributed by atoms with van der Waals surface area (Å²) in [5.41, 5.74) is 2.24. The molecule has 0 bridgehead atoms. The molecule has 118 valence electrons. The zero-order chi connectivity index (χ0) is 16.4. The van der Waals surface area contributed by atoms with Crippen LogP contribution in [-0.4, -0.2) is 42.8 Å². The van der Waals surface area contributed by atoms with Gasteiger partial charge in [-0.1, -0.05) is 5.16 Å². The maximum Gasteiger partial charge on any atom is 0.254 e. The minimum absolute atomic E-state index is 0.117. The fraction of sp³-hybridized carbons (Fsp3) is 0.267. The number of aromatic nitrogens is 5. The zero-order valence-electron chi connectivity index (χ0n) is 13.1. The predicted molar refractivity (Wildman–Crippen MR) is 80.9 cm³/mol. The van der Waals surface area contributed by atoms with Gasteiger partial charge in [0.15, 0.2) is 5.82 Å². The summed E-state index contributed by atoms with van der Waals surface area (Å²) in [6.07, 6.45) is 4.53. The maximum atomic E-state index is 12.6. The Morgan fingerprint density at radius 2 is 2.22 bits per heavy atom. The number of carbonyl (C=O) groups excluding carboxylic acids is 1. The smallest absolute Gasteiger partial charge is 0.254 e. The minimum Gasteiger partial charge on any atom is -0.361 e. The van der Waals surface area contributed by atoms with E-state index in [1.807, 2.05) is 13.8 Å². The quantitative estimate of drug-likeness (QED) is 0.726. The Bertz CT molecular complexity index is 805. The summed E-state index contributed by atoms with van der Waals surface area (Å²) < 4.78 is 6.64. The molecule has 23 heavy (non-hydrogen) atoms. The van der Waals surface area contributed by atoms with Crippen molar-refractivity contribution in [2.24, 2.45) is 0 Å². The summed E-state index contributed by atoms with van der Waals surface area (Å²) in [6, 6.07) is 3.35. The predicted octanol–water partition coefficient (Wildman–Crippen LogP) is 1.54. The second-order valence-corrected chi connectivity index (χ2v) is 5.21. The van der Waals surface area contributed by atoms with E-state index in [0.29, 0.717) is 17.9 Å². The van der Waals surface area contributed by atoms with Gasteiger partial charge in [-0.15, -0.1) is 0 Å². The molecule has 0 atom stereocenters. The van der Waals surface area contributed by atoms with Crippen LogP contribution in [-0.2, 0) is 6.54 Å². The van der Waals surface area contributed by atoms with E-state index < -0.39 is 0 Å². The monoisotopic (exact) mass is 312 g/mol. The number of amides is 1. The van der Waals surface area contributed by atoms with E-state index in [2.05, 4.69) is 20.2 Å². The third kappa shape index (κ3) is 2.96. The Morgan fingerprint density at radius 3 is 2.87 bits per heavy atom. The normalized spacial score (nSPS) is 10.7. The second kappa shape index (κ2) is 5.99. The first kappa shape index (κ1) is 14.9. The van der Waals surface area contributed by atoms with Gasteiger partial charge in [0.2, 0.25) is 0 Å². The SMILES string of the molecule is Cc1noc(C)c1CN(C)C(=O)c1ccnc(-n2cncn2)c1. The summed E-state index contributed by atoms with van der Waals surface area (Å²) in [5, 5.41) is 7.92. The van der Waals surface area contributed by atoms with Crippen molar-refractivity contribution >= 4 is 5.91 Å². The molecule has 0 aromatic carbocycles. The van der Waals surface area contributed by atoms with E-state index >= 15 is 0 Å². The Kier molecular flexibility index (Phi) is 3.88. The molecule has 3 aromatic rings. The topological polar surface area (TPSA) is 89.9 Å². The minimum atomic E-state index is -0.117. The lowest BCUT2D eigenvalue weighted by atomic mass is 10.1. The average molecular weight is 312 g/mol. The van der Waals surface area contributed by atoms with Crippen molar-refractivity contribution in [2.75, 3.05) is 7.05 Å². The molecule has 3 aromatic heterocycles. The van der Waals surface area contributed by atoms with Gasteiger partial charge in [0.05, 0.1) is 12.2 Å². The number of hydrogen-bond acceptors (Lipinski definition) is 6. The molecule has 3 rings (SSSR count). The van der Waals surface area contributed by atoms with Crippen molar-refractivity contribution in [1.29, 1.82) is 0 Å². The summed E-state index contributed by atoms with van der Waals surface area (Å²) in [5.74, 6) is 1.15. The van der Waals surface area contributed by atoms with E-state index in [1.165, 1.54) is 17.3 Å². The number of aryl methyl sites for hydroxylation is 2. The first-order chi connectivity index (χ1) is 11.1. The fourth-order valence-corrected chi connectivity index (χ4v) is 2.26. The lowest BCUT2D eigenvalue weighted by Gasteiger charge is -2.17. The molecule has 0 radical (unpaired) electrons. The van der Waals surface area contributed by atoms with Crippen molar-refractivity contribution < 1.29 is 9.32 Å². The molecular formula is C15H16N6O2. The molecule has 0 spiro atoms. The number of hydrogen-bond donors (Lipinski definition) is 0. The van der Waals surface area contributed by atoms with E-state index in [-0.39, 0.29) is 5.91 Å². The molecule has 0 aliphatic carbocycles. The van der Waals surface area contributed by atoms with Crippen molar-refractivity contribution in [3.8, 4) is 5.82 Å². The molecule has 0 fully saturated rings. The highest BCUT2D eigenvalue weighted by atomic mass is 16.5. The van der Waals surface area contributed by atoms with Gasteiger partial charge in [-0.05, 0) is 26.0 Å². The Labute approximate surface area is 132 Å². The van der Waals surface area contributed by atoms with Gasteiger partial charge >= 0.3 is 0 Å². The van der Waals surface area contributed by atoms with Gasteiger partial charge in [0.1, 0.15) is 18.4 Å². The second-order valence-electron chi connectivity index (χ2n) is 5.21. The first-order valence-electron chi connectivity index (χ1n) is 7.04. The highest BCUT2D eigenvalue weighted by Crippen LogP contribution is 2.16. The fourth-order valence-electron chi connectivity index (χ4n) is 2.26. The first-order valence-corrected chi connectivity index (χ1v) is 7.04. The molecule has 8 nitrogen and oxygen atoms in total. The third-order valence-corrected chi connectivity index (χ3v) is 3.57. The van der Waals surface area contributed by atoms with Crippen molar-refractivity contribution in [3.05, 3.63) is 53.6 Å². The average Bonchev–Trinajstić information content (AvgIpc) is 3.20. The molecule has 0 N–H and O–H groups in total. The summed E-state index contributed by atoms with van der Waals surface area (Å²) in [4.78, 5) is 22.3. The summed E-state index contributed by atoms with van der Waals surface area (Å²) in [7, 11) is 1.74. The van der Waals surface area contributed by atoms with E-state index in [4.69, 9.17) is 4.52 Å². The third-order valence-electron chi connectivity index (χ3n) is 3.57. The molecule has 8 heteroatoms. The lowest BCUT2D eigenvalue weighted by molar-refractivity contribution is 0.0784. The molecule has 0 aliphatic rings. The molecule has 0 saturated heterocycles. The summed E-state index contributed by atoms with van der Waals surface area (Å²) >= 11 is 0. The molecule has 1 amide bonds. The lowest BCUT2D eigenvalue weighted by Crippen LogP contribution is -2.26. The maximum absolute atomic E-state index is 12.6. The number of rotatable bonds is 4. The highest BCUT2D eigenvalue weighted by Gasteiger charge is 2.17. The van der Waals surface area contributed by atoms with E-state index in [0.717, 1.165) is 17.0 Å². The molecule has 0 aliphatic heterocycles. The molecule has 3 heterocycles. The van der Waals surface area contributed by atoms with Gasteiger partial charge in [0, 0.05) is 24.4 Å². The van der Waals surface area contributed by atoms with Crippen LogP contribution in [0, 0.1) is 13.8 Å². The van der Waals surface area contributed by atoms with E-state index in [1.54, 1.807) is 30.3 Å². The van der Waals surface area contributed by atoms with Gasteiger partial charge in [-0.3, -0.25) is 4.79 Å². The van der Waals surface area contributed by atoms with Gasteiger partial charge in [-0.2, -0.15) is 5.10 Å². The standard InChI is InChI=1S/C15H16N6O2/c1-10-13(11(2)23-19-10)7-20(3)15(22)12-4-5-17-14(6-12)21-9-16-8-18-21/h4-6,8-9H,7H2,1-3H3. The van der Waals surface area contributed by atoms with Crippen LogP contribution in [0.4, 0.5) is 0 Å². The van der Waals surface area contributed by atoms with Crippen molar-refractivity contribution in [1.82, 2.24) is 29.8 Å². The van der Waals surface area contributed by atoms with Crippen LogP contribution < -0.4 is 0 Å². The van der Waals surface area contributed by atoms with Crippen LogP contribution in [0.2, 0.25) is 0 Å². The van der Waals surface area contributed by atoms with Crippen LogP contribution in [0.1, 0.15) is 27.4 Å². The Morgan fingerprint density at radius 1 is 1.39 bits per heavy atom. The van der Waals surface area contributed by atoms with Gasteiger partial charge in [-0.25, -0.2) is 14.6 Å². The van der Waals surface area contributed by atoms with Crippen LogP contribution in [0.5, 0.6) is 0 Å². The van der Waals surface area contributed by atoms with Crippen LogP contribution in [0.3, 0.4) is 0 Å². The Balaban J connectivity index is 1.81. The molecule has 0 unspecified atom stereocenters. The summed E-state index contributed by atoms with van der Waals surface area (Å²) in [6.45, 7) is 4.13. The highest BCUT2D eigenvalue weighted by molar-refractivity contribution is 5.94. The Hall–Kier alpha value is -3.03. The zero-order valence-corrected chi connectivity index (χ0v) is 13.1. The number of carbonyl (C=O) groups is 1. The molecule has 0 saturated carbocycles. The van der Waals surface area contributed by atoms with Crippen molar-refractivity contribution in [2.45, 2.75) is 20.4 Å². The van der Waals surface area contributed by atoms with E-state index in [9.17, 15) is 4.79 Å². The largest absolute Gasteiger partial charge is 0.361 e. The van der Waals surface area contributed by atoms with Gasteiger partial charge in [0.25, 0.3) is 5.91 Å². The van der Waals surface area contributed by atoms with Gasteiger partial charge < -0.3 is 9.42 Å². The van der Waals surface area contributed by atoms with Crippen LogP contribution in [0.25, 0.3) is 5.82 Å². The van der Waals surface area contributed by atoms with Crippen LogP contribution in [0.15, 0.2) is 35.5 Å².